The predicted octanol–water partition coefficient (Wildman–Crippen LogP) is 3.79. The number of allylic oxidation sites excluding steroid dienone is 4. The van der Waals surface area contributed by atoms with Crippen LogP contribution in [-0.4, -0.2) is 72.4 Å². The van der Waals surface area contributed by atoms with Gasteiger partial charge in [0.05, 0.1) is 10.6 Å². The van der Waals surface area contributed by atoms with Crippen LogP contribution in [0.5, 0.6) is 0 Å². The van der Waals surface area contributed by atoms with E-state index in [0.29, 0.717) is 18.6 Å². The number of hydrogen-bond acceptors (Lipinski definition) is 6. The van der Waals surface area contributed by atoms with Crippen LogP contribution < -0.4 is 4.90 Å². The first-order valence-electron chi connectivity index (χ1n) is 11.4. The monoisotopic (exact) mass is 582 g/mol. The minimum Gasteiger partial charge on any atom is -0.380 e. The van der Waals surface area contributed by atoms with Crippen molar-refractivity contribution in [3.63, 3.8) is 0 Å². The van der Waals surface area contributed by atoms with E-state index in [1.54, 1.807) is 24.0 Å². The first kappa shape index (κ1) is 30.1. The van der Waals surface area contributed by atoms with Gasteiger partial charge in [-0.2, -0.15) is 30.6 Å². The van der Waals surface area contributed by atoms with E-state index in [9.17, 15) is 45.0 Å². The average Bonchev–Trinajstić information content (AvgIpc) is 2.85. The molecule has 2 aliphatic rings. The molecule has 0 bridgehead atoms. The largest absolute Gasteiger partial charge is 0.430 e. The third kappa shape index (κ3) is 5.76. The van der Waals surface area contributed by atoms with Crippen molar-refractivity contribution in [3.8, 4) is 11.8 Å². The van der Waals surface area contributed by atoms with E-state index in [4.69, 9.17) is 12.2 Å². The van der Waals surface area contributed by atoms with Crippen molar-refractivity contribution in [2.24, 2.45) is 0 Å². The summed E-state index contributed by atoms with van der Waals surface area (Å²) in [6.45, 7) is 1.59. The standard InChI is InChI=1S/C24H24F6N2O4S2/c1-2-18(33)9-7-16-15-17(22(34,23(25,26)27)24(28,29)30)8-10-19(16)31-11-13-32(14-12-31)38(35,36)21-6-4-3-5-20(21)37/h3-4,6,8,10,15,18,33-34H,2,5,11-14H2,1H3/t18-/m1/s1. The quantitative estimate of drug-likeness (QED) is 0.313. The molecule has 2 N–H and O–H groups in total. The van der Waals surface area contributed by atoms with Crippen LogP contribution in [0.4, 0.5) is 32.0 Å². The molecule has 0 aromatic heterocycles. The Bertz CT molecular complexity index is 1290. The lowest BCUT2D eigenvalue weighted by atomic mass is 9.90. The molecule has 1 saturated heterocycles. The number of alkyl halides is 6. The van der Waals surface area contributed by atoms with Gasteiger partial charge in [0.15, 0.2) is 0 Å². The Morgan fingerprint density at radius 3 is 2.21 bits per heavy atom. The molecule has 1 aliphatic heterocycles. The number of thiocarbonyl (C=S) groups is 1. The Balaban J connectivity index is 1.97. The van der Waals surface area contributed by atoms with Gasteiger partial charge in [0.1, 0.15) is 6.10 Å². The first-order chi connectivity index (χ1) is 17.5. The van der Waals surface area contributed by atoms with Crippen LogP contribution in [0, 0.1) is 11.8 Å². The van der Waals surface area contributed by atoms with E-state index in [1.807, 2.05) is 0 Å². The number of rotatable bonds is 5. The zero-order valence-electron chi connectivity index (χ0n) is 20.0. The zero-order valence-corrected chi connectivity index (χ0v) is 21.6. The van der Waals surface area contributed by atoms with Crippen molar-refractivity contribution < 1.29 is 45.0 Å². The summed E-state index contributed by atoms with van der Waals surface area (Å²) in [5.41, 5.74) is -6.79. The van der Waals surface area contributed by atoms with Crippen molar-refractivity contribution >= 4 is 32.8 Å². The van der Waals surface area contributed by atoms with E-state index in [1.165, 1.54) is 10.4 Å². The number of nitrogens with zero attached hydrogens (tertiary/aromatic N) is 2. The Labute approximate surface area is 221 Å². The summed E-state index contributed by atoms with van der Waals surface area (Å²) in [4.78, 5) is 1.83. The number of piperazine rings is 1. The summed E-state index contributed by atoms with van der Waals surface area (Å²) < 4.78 is 108. The van der Waals surface area contributed by atoms with Crippen LogP contribution in [0.1, 0.15) is 30.9 Å². The van der Waals surface area contributed by atoms with Gasteiger partial charge in [0.25, 0.3) is 5.60 Å². The molecule has 1 atom stereocenters. The highest BCUT2D eigenvalue weighted by Gasteiger charge is 2.71. The molecule has 1 heterocycles. The van der Waals surface area contributed by atoms with Gasteiger partial charge in [-0.1, -0.05) is 49.2 Å². The van der Waals surface area contributed by atoms with Crippen LogP contribution in [0.15, 0.2) is 41.3 Å². The summed E-state index contributed by atoms with van der Waals surface area (Å²) in [5, 5.41) is 19.6. The number of anilines is 1. The second kappa shape index (κ2) is 11.0. The van der Waals surface area contributed by atoms with E-state index in [2.05, 4.69) is 11.8 Å². The lowest BCUT2D eigenvalue weighted by Crippen LogP contribution is -2.54. The summed E-state index contributed by atoms with van der Waals surface area (Å²) in [5.74, 6) is 4.79. The van der Waals surface area contributed by atoms with Crippen molar-refractivity contribution in [1.29, 1.82) is 0 Å². The molecule has 0 saturated carbocycles. The van der Waals surface area contributed by atoms with Crippen LogP contribution >= 0.6 is 12.2 Å². The summed E-state index contributed by atoms with van der Waals surface area (Å²) >= 11 is 5.16. The Hall–Kier alpha value is -2.44. The molecule has 0 unspecified atom stereocenters. The topological polar surface area (TPSA) is 81.1 Å². The van der Waals surface area contributed by atoms with Crippen molar-refractivity contribution in [2.45, 2.75) is 43.8 Å². The molecule has 1 fully saturated rings. The third-order valence-corrected chi connectivity index (χ3v) is 8.65. The SMILES string of the molecule is CC[C@@H](O)C#Cc1cc(C(O)(C(F)(F)F)C(F)(F)F)ccc1N1CCN(S(=O)(=O)C2=CC=CCC2=S)CC1. The summed E-state index contributed by atoms with van der Waals surface area (Å²) in [6, 6.07) is 1.97. The molecule has 1 aromatic rings. The van der Waals surface area contributed by atoms with Gasteiger partial charge >= 0.3 is 12.4 Å². The van der Waals surface area contributed by atoms with Crippen LogP contribution in [0.25, 0.3) is 0 Å². The second-order valence-electron chi connectivity index (χ2n) is 8.61. The highest BCUT2D eigenvalue weighted by atomic mass is 32.2. The van der Waals surface area contributed by atoms with Crippen molar-refractivity contribution in [2.75, 3.05) is 31.1 Å². The molecular formula is C24H24F6N2O4S2. The van der Waals surface area contributed by atoms with Crippen LogP contribution in [-0.2, 0) is 15.6 Å². The third-order valence-electron chi connectivity index (χ3n) is 6.15. The van der Waals surface area contributed by atoms with Gasteiger partial charge in [-0.15, -0.1) is 0 Å². The maximum atomic E-state index is 13.4. The highest BCUT2D eigenvalue weighted by molar-refractivity contribution is 7.96. The van der Waals surface area contributed by atoms with E-state index in [-0.39, 0.29) is 53.6 Å². The molecule has 0 spiro atoms. The fourth-order valence-electron chi connectivity index (χ4n) is 3.95. The maximum absolute atomic E-state index is 13.4. The number of aliphatic hydroxyl groups excluding tert-OH is 1. The van der Waals surface area contributed by atoms with Gasteiger partial charge < -0.3 is 15.1 Å². The van der Waals surface area contributed by atoms with Crippen LogP contribution in [0.2, 0.25) is 0 Å². The molecule has 14 heteroatoms. The minimum absolute atomic E-state index is 0.00602. The van der Waals surface area contributed by atoms with Gasteiger partial charge in [-0.3, -0.25) is 0 Å². The number of aliphatic hydroxyl groups is 2. The second-order valence-corrected chi connectivity index (χ2v) is 11.0. The van der Waals surface area contributed by atoms with E-state index < -0.39 is 39.6 Å². The Morgan fingerprint density at radius 2 is 1.68 bits per heavy atom. The van der Waals surface area contributed by atoms with Gasteiger partial charge in [-0.05, 0) is 24.6 Å². The molecule has 208 valence electrons. The Morgan fingerprint density at radius 1 is 1.08 bits per heavy atom. The molecule has 0 amide bonds. The van der Waals surface area contributed by atoms with E-state index >= 15 is 0 Å². The highest BCUT2D eigenvalue weighted by Crippen LogP contribution is 2.50. The molecule has 38 heavy (non-hydrogen) atoms. The van der Waals surface area contributed by atoms with Crippen molar-refractivity contribution in [3.05, 3.63) is 52.5 Å². The normalized spacial score (nSPS) is 18.6. The maximum Gasteiger partial charge on any atom is 0.430 e. The molecule has 0 radical (unpaired) electrons. The zero-order chi connectivity index (χ0) is 28.5. The summed E-state index contributed by atoms with van der Waals surface area (Å²) in [7, 11) is -3.90. The molecule has 1 aromatic carbocycles. The lowest BCUT2D eigenvalue weighted by molar-refractivity contribution is -0.376. The Kier molecular flexibility index (Phi) is 8.69. The molecule has 3 rings (SSSR count). The fraction of sp³-hybridized carbons (Fsp3) is 0.458. The lowest BCUT2D eigenvalue weighted by Gasteiger charge is -2.37. The first-order valence-corrected chi connectivity index (χ1v) is 13.2. The fourth-order valence-corrected chi connectivity index (χ4v) is 5.97. The van der Waals surface area contributed by atoms with Crippen molar-refractivity contribution in [1.82, 2.24) is 4.31 Å². The van der Waals surface area contributed by atoms with E-state index in [0.717, 1.165) is 6.07 Å². The minimum atomic E-state index is -6.08. The van der Waals surface area contributed by atoms with Gasteiger partial charge in [-0.25, -0.2) is 8.42 Å². The number of sulfonamides is 1. The summed E-state index contributed by atoms with van der Waals surface area (Å²) in [6.07, 6.45) is -8.19. The molecular weight excluding hydrogens is 558 g/mol. The van der Waals surface area contributed by atoms with Gasteiger partial charge in [0.2, 0.25) is 10.0 Å². The van der Waals surface area contributed by atoms with Crippen LogP contribution in [0.3, 0.4) is 0 Å². The van der Waals surface area contributed by atoms with Gasteiger partial charge in [0, 0.05) is 48.6 Å². The number of benzene rings is 1. The number of hydrogen-bond donors (Lipinski definition) is 2. The predicted molar refractivity (Wildman–Crippen MR) is 133 cm³/mol. The number of halogens is 6. The molecule has 1 aliphatic carbocycles. The molecule has 6 nitrogen and oxygen atoms in total. The average molecular weight is 583 g/mol. The smallest absolute Gasteiger partial charge is 0.380 e.